The van der Waals surface area contributed by atoms with Crippen LogP contribution in [0, 0.1) is 6.92 Å². The summed E-state index contributed by atoms with van der Waals surface area (Å²) >= 11 is 0. The number of carbonyl (C=O) groups excluding carboxylic acids is 1. The molecule has 1 saturated heterocycles. The molecule has 0 aromatic heterocycles. The summed E-state index contributed by atoms with van der Waals surface area (Å²) in [5.74, 6) is -0.0903. The van der Waals surface area contributed by atoms with Crippen LogP contribution < -0.4 is 9.47 Å². The van der Waals surface area contributed by atoms with Crippen LogP contribution in [-0.4, -0.2) is 36.0 Å². The Labute approximate surface area is 161 Å². The SMILES string of the molecule is C=C1CO[C@H](c2ccc3c(c2OC)C(=O)OCc2cc(C)cc(O)c2O3)[C@H]1O. The van der Waals surface area contributed by atoms with Gasteiger partial charge in [0.05, 0.1) is 13.7 Å². The van der Waals surface area contributed by atoms with E-state index < -0.39 is 18.2 Å². The summed E-state index contributed by atoms with van der Waals surface area (Å²) in [5, 5.41) is 20.6. The fraction of sp³-hybridized carbons (Fsp3) is 0.286. The molecule has 0 radical (unpaired) electrons. The van der Waals surface area contributed by atoms with E-state index in [9.17, 15) is 15.0 Å². The van der Waals surface area contributed by atoms with Crippen LogP contribution in [0.4, 0.5) is 0 Å². The Balaban J connectivity index is 1.85. The predicted octanol–water partition coefficient (Wildman–Crippen LogP) is 3.16. The van der Waals surface area contributed by atoms with Gasteiger partial charge in [-0.05, 0) is 42.3 Å². The van der Waals surface area contributed by atoms with Crippen molar-refractivity contribution < 1.29 is 34.0 Å². The molecule has 0 spiro atoms. The van der Waals surface area contributed by atoms with E-state index in [0.717, 1.165) is 5.56 Å². The molecule has 28 heavy (non-hydrogen) atoms. The highest BCUT2D eigenvalue weighted by Crippen LogP contribution is 2.45. The van der Waals surface area contributed by atoms with Crippen molar-refractivity contribution in [2.24, 2.45) is 0 Å². The molecule has 0 bridgehead atoms. The van der Waals surface area contributed by atoms with Gasteiger partial charge in [0.15, 0.2) is 11.5 Å². The molecule has 7 nitrogen and oxygen atoms in total. The van der Waals surface area contributed by atoms with Crippen LogP contribution in [0.5, 0.6) is 23.0 Å². The number of fused-ring (bicyclic) bond motifs is 2. The first kappa shape index (κ1) is 18.3. The van der Waals surface area contributed by atoms with E-state index in [0.29, 0.717) is 16.7 Å². The zero-order valence-corrected chi connectivity index (χ0v) is 15.5. The second kappa shape index (κ2) is 6.85. The van der Waals surface area contributed by atoms with Crippen molar-refractivity contribution in [1.82, 2.24) is 0 Å². The number of hydrogen-bond acceptors (Lipinski definition) is 7. The molecule has 0 aliphatic carbocycles. The molecular weight excluding hydrogens is 364 g/mol. The molecule has 2 atom stereocenters. The molecule has 0 amide bonds. The number of phenolic OH excluding ortho intramolecular Hbond substituents is 1. The lowest BCUT2D eigenvalue weighted by Gasteiger charge is -2.24. The predicted molar refractivity (Wildman–Crippen MR) is 98.9 cm³/mol. The number of carbonyl (C=O) groups is 1. The molecule has 2 aliphatic rings. The average Bonchev–Trinajstić information content (AvgIpc) is 2.99. The van der Waals surface area contributed by atoms with Crippen molar-refractivity contribution in [3.8, 4) is 23.0 Å². The topological polar surface area (TPSA) is 94.5 Å². The first-order valence-electron chi connectivity index (χ1n) is 8.76. The van der Waals surface area contributed by atoms with E-state index in [-0.39, 0.29) is 41.8 Å². The molecule has 2 aliphatic heterocycles. The number of hydrogen-bond donors (Lipinski definition) is 2. The Hall–Kier alpha value is -3.03. The molecule has 4 rings (SSSR count). The molecule has 0 unspecified atom stereocenters. The number of aliphatic hydroxyl groups is 1. The van der Waals surface area contributed by atoms with E-state index in [1.54, 1.807) is 24.3 Å². The van der Waals surface area contributed by atoms with Gasteiger partial charge in [-0.1, -0.05) is 6.58 Å². The van der Waals surface area contributed by atoms with Gasteiger partial charge in [-0.2, -0.15) is 0 Å². The quantitative estimate of drug-likeness (QED) is 0.607. The molecule has 0 saturated carbocycles. The van der Waals surface area contributed by atoms with Crippen molar-refractivity contribution in [3.63, 3.8) is 0 Å². The minimum Gasteiger partial charge on any atom is -0.504 e. The largest absolute Gasteiger partial charge is 0.504 e. The summed E-state index contributed by atoms with van der Waals surface area (Å²) in [4.78, 5) is 12.8. The standard InChI is InChI=1S/C21H20O7/c1-10-6-12-9-27-21(24)16-15(28-18(12)14(22)7-10)5-4-13(19(16)25-3)20-17(23)11(2)8-26-20/h4-7,17,20,22-23H,2,8-9H2,1,3H3/t17-,20+/m0/s1. The molecule has 146 valence electrons. The maximum atomic E-state index is 12.8. The van der Waals surface area contributed by atoms with Gasteiger partial charge in [-0.15, -0.1) is 0 Å². The highest BCUT2D eigenvalue weighted by atomic mass is 16.5. The van der Waals surface area contributed by atoms with Crippen molar-refractivity contribution in [2.75, 3.05) is 13.7 Å². The lowest BCUT2D eigenvalue weighted by molar-refractivity contribution is 0.0399. The van der Waals surface area contributed by atoms with Gasteiger partial charge >= 0.3 is 5.97 Å². The highest BCUT2D eigenvalue weighted by molar-refractivity contribution is 5.96. The number of phenols is 1. The number of aliphatic hydroxyl groups excluding tert-OH is 1. The molecule has 2 heterocycles. The number of esters is 1. The average molecular weight is 384 g/mol. The van der Waals surface area contributed by atoms with Gasteiger partial charge in [-0.3, -0.25) is 0 Å². The monoisotopic (exact) mass is 384 g/mol. The van der Waals surface area contributed by atoms with Gasteiger partial charge in [0.2, 0.25) is 0 Å². The van der Waals surface area contributed by atoms with Crippen LogP contribution in [0.1, 0.15) is 33.2 Å². The number of methoxy groups -OCH3 is 1. The van der Waals surface area contributed by atoms with Crippen molar-refractivity contribution in [1.29, 1.82) is 0 Å². The van der Waals surface area contributed by atoms with Gasteiger partial charge in [0.1, 0.15) is 35.9 Å². The normalized spacial score (nSPS) is 21.1. The van der Waals surface area contributed by atoms with Gasteiger partial charge in [-0.25, -0.2) is 4.79 Å². The van der Waals surface area contributed by atoms with Gasteiger partial charge in [0.25, 0.3) is 0 Å². The lowest BCUT2D eigenvalue weighted by Crippen LogP contribution is -2.18. The van der Waals surface area contributed by atoms with Crippen LogP contribution in [0.15, 0.2) is 36.4 Å². The Morgan fingerprint density at radius 1 is 1.25 bits per heavy atom. The molecule has 1 fully saturated rings. The summed E-state index contributed by atoms with van der Waals surface area (Å²) < 4.78 is 22.4. The van der Waals surface area contributed by atoms with Crippen LogP contribution >= 0.6 is 0 Å². The number of aryl methyl sites for hydroxylation is 1. The van der Waals surface area contributed by atoms with E-state index in [4.69, 9.17) is 18.9 Å². The molecular formula is C21H20O7. The first-order valence-corrected chi connectivity index (χ1v) is 8.76. The van der Waals surface area contributed by atoms with Crippen LogP contribution in [-0.2, 0) is 16.1 Å². The molecule has 2 aromatic rings. The van der Waals surface area contributed by atoms with Crippen LogP contribution in [0.3, 0.4) is 0 Å². The number of ether oxygens (including phenoxy) is 4. The summed E-state index contributed by atoms with van der Waals surface area (Å²) in [7, 11) is 1.41. The van der Waals surface area contributed by atoms with E-state index >= 15 is 0 Å². The third-order valence-corrected chi connectivity index (χ3v) is 4.88. The Kier molecular flexibility index (Phi) is 4.49. The molecule has 7 heteroatoms. The van der Waals surface area contributed by atoms with Crippen LogP contribution in [0.2, 0.25) is 0 Å². The van der Waals surface area contributed by atoms with Gasteiger partial charge in [0, 0.05) is 11.1 Å². The minimum absolute atomic E-state index is 0.0483. The molecule has 2 aromatic carbocycles. The zero-order valence-electron chi connectivity index (χ0n) is 15.5. The number of cyclic esters (lactones) is 1. The van der Waals surface area contributed by atoms with E-state index in [2.05, 4.69) is 6.58 Å². The minimum atomic E-state index is -0.912. The highest BCUT2D eigenvalue weighted by Gasteiger charge is 2.36. The summed E-state index contributed by atoms with van der Waals surface area (Å²) in [6.45, 7) is 5.76. The summed E-state index contributed by atoms with van der Waals surface area (Å²) in [6, 6.07) is 6.58. The van der Waals surface area contributed by atoms with E-state index in [1.165, 1.54) is 7.11 Å². The maximum Gasteiger partial charge on any atom is 0.346 e. The number of aromatic hydroxyl groups is 1. The van der Waals surface area contributed by atoms with Crippen molar-refractivity contribution in [3.05, 3.63) is 58.7 Å². The fourth-order valence-electron chi connectivity index (χ4n) is 3.53. The van der Waals surface area contributed by atoms with Gasteiger partial charge < -0.3 is 29.2 Å². The third kappa shape index (κ3) is 2.89. The van der Waals surface area contributed by atoms with E-state index in [1.807, 2.05) is 6.92 Å². The fourth-order valence-corrected chi connectivity index (χ4v) is 3.53. The first-order chi connectivity index (χ1) is 13.4. The lowest BCUT2D eigenvalue weighted by atomic mass is 9.97. The smallest absolute Gasteiger partial charge is 0.346 e. The summed E-state index contributed by atoms with van der Waals surface area (Å²) in [6.07, 6.45) is -1.63. The molecule has 2 N–H and O–H groups in total. The summed E-state index contributed by atoms with van der Waals surface area (Å²) in [5.41, 5.74) is 2.48. The second-order valence-electron chi connectivity index (χ2n) is 6.85. The number of benzene rings is 2. The Bertz CT molecular complexity index is 979. The third-order valence-electron chi connectivity index (χ3n) is 4.88. The van der Waals surface area contributed by atoms with Crippen LogP contribution in [0.25, 0.3) is 0 Å². The number of rotatable bonds is 2. The Morgan fingerprint density at radius 2 is 2.04 bits per heavy atom. The zero-order chi connectivity index (χ0) is 20.0. The maximum absolute atomic E-state index is 12.8. The van der Waals surface area contributed by atoms with Crippen molar-refractivity contribution >= 4 is 5.97 Å². The second-order valence-corrected chi connectivity index (χ2v) is 6.85. The Morgan fingerprint density at radius 3 is 2.71 bits per heavy atom. The van der Waals surface area contributed by atoms with Crippen molar-refractivity contribution in [2.45, 2.75) is 25.7 Å².